The lowest BCUT2D eigenvalue weighted by Gasteiger charge is -2.32. The van der Waals surface area contributed by atoms with Crippen molar-refractivity contribution in [1.82, 2.24) is 0 Å². The van der Waals surface area contributed by atoms with Crippen molar-refractivity contribution < 1.29 is 9.84 Å². The zero-order valence-electron chi connectivity index (χ0n) is 11.1. The first-order valence-electron chi connectivity index (χ1n) is 6.80. The molecule has 0 radical (unpaired) electrons. The average molecular weight is 249 g/mol. The van der Waals surface area contributed by atoms with Crippen molar-refractivity contribution in [3.05, 3.63) is 29.8 Å². The molecule has 1 fully saturated rings. The van der Waals surface area contributed by atoms with Crippen LogP contribution in [0.15, 0.2) is 24.3 Å². The summed E-state index contributed by atoms with van der Waals surface area (Å²) in [6, 6.07) is 7.74. The summed E-state index contributed by atoms with van der Waals surface area (Å²) in [6.07, 6.45) is 5.09. The molecule has 1 saturated carbocycles. The minimum Gasteiger partial charge on any atom is -0.490 e. The van der Waals surface area contributed by atoms with Gasteiger partial charge in [0.2, 0.25) is 0 Å². The van der Waals surface area contributed by atoms with Gasteiger partial charge in [0.05, 0.1) is 5.60 Å². The predicted molar refractivity (Wildman–Crippen MR) is 72.6 cm³/mol. The molecule has 3 N–H and O–H groups in total. The van der Waals surface area contributed by atoms with Crippen LogP contribution in [-0.4, -0.2) is 17.3 Å². The zero-order chi connectivity index (χ0) is 13.0. The Morgan fingerprint density at radius 1 is 1.28 bits per heavy atom. The summed E-state index contributed by atoms with van der Waals surface area (Å²) in [5, 5.41) is 10.4. The SMILES string of the molecule is CC(N)c1ccccc1OCC1(O)CCCCC1. The van der Waals surface area contributed by atoms with Gasteiger partial charge in [0.1, 0.15) is 12.4 Å². The van der Waals surface area contributed by atoms with Crippen LogP contribution in [0, 0.1) is 0 Å². The highest BCUT2D eigenvalue weighted by Gasteiger charge is 2.30. The first-order valence-corrected chi connectivity index (χ1v) is 6.80. The maximum Gasteiger partial charge on any atom is 0.124 e. The van der Waals surface area contributed by atoms with Crippen molar-refractivity contribution in [3.63, 3.8) is 0 Å². The molecule has 1 aromatic carbocycles. The van der Waals surface area contributed by atoms with Gasteiger partial charge >= 0.3 is 0 Å². The molecule has 1 aliphatic carbocycles. The lowest BCUT2D eigenvalue weighted by molar-refractivity contribution is -0.0341. The molecule has 0 aliphatic heterocycles. The van der Waals surface area contributed by atoms with Gasteiger partial charge in [-0.25, -0.2) is 0 Å². The number of hydrogen-bond donors (Lipinski definition) is 2. The van der Waals surface area contributed by atoms with Crippen molar-refractivity contribution in [1.29, 1.82) is 0 Å². The molecule has 0 saturated heterocycles. The van der Waals surface area contributed by atoms with E-state index in [0.717, 1.165) is 37.0 Å². The second kappa shape index (κ2) is 5.72. The third-order valence-corrected chi connectivity index (χ3v) is 3.69. The van der Waals surface area contributed by atoms with Crippen LogP contribution in [0.3, 0.4) is 0 Å². The molecule has 0 bridgehead atoms. The molecule has 3 nitrogen and oxygen atoms in total. The maximum atomic E-state index is 10.4. The van der Waals surface area contributed by atoms with Crippen LogP contribution in [0.25, 0.3) is 0 Å². The average Bonchev–Trinajstić information content (AvgIpc) is 2.38. The largest absolute Gasteiger partial charge is 0.490 e. The topological polar surface area (TPSA) is 55.5 Å². The van der Waals surface area contributed by atoms with Gasteiger partial charge in [-0.1, -0.05) is 37.5 Å². The Balaban J connectivity index is 2.01. The van der Waals surface area contributed by atoms with E-state index in [1.165, 1.54) is 6.42 Å². The molecule has 18 heavy (non-hydrogen) atoms. The molecule has 100 valence electrons. The molecule has 0 heterocycles. The van der Waals surface area contributed by atoms with E-state index >= 15 is 0 Å². The maximum absolute atomic E-state index is 10.4. The zero-order valence-corrected chi connectivity index (χ0v) is 11.1. The molecule has 0 aromatic heterocycles. The van der Waals surface area contributed by atoms with Gasteiger partial charge in [0, 0.05) is 11.6 Å². The summed E-state index contributed by atoms with van der Waals surface area (Å²) in [7, 11) is 0. The molecule has 0 amide bonds. The van der Waals surface area contributed by atoms with Gasteiger partial charge in [-0.3, -0.25) is 0 Å². The first-order chi connectivity index (χ1) is 8.61. The standard InChI is InChI=1S/C15H23NO2/c1-12(16)13-7-3-4-8-14(13)18-11-15(17)9-5-2-6-10-15/h3-4,7-8,12,17H,2,5-6,9-11,16H2,1H3. The van der Waals surface area contributed by atoms with Crippen LogP contribution in [0.2, 0.25) is 0 Å². The summed E-state index contributed by atoms with van der Waals surface area (Å²) < 4.78 is 5.81. The highest BCUT2D eigenvalue weighted by molar-refractivity contribution is 5.35. The van der Waals surface area contributed by atoms with Crippen LogP contribution < -0.4 is 10.5 Å². The van der Waals surface area contributed by atoms with Crippen molar-refractivity contribution in [2.75, 3.05) is 6.61 Å². The van der Waals surface area contributed by atoms with Crippen LogP contribution in [-0.2, 0) is 0 Å². The van der Waals surface area contributed by atoms with Crippen molar-refractivity contribution in [2.24, 2.45) is 5.73 Å². The Labute approximate surface area is 109 Å². The Morgan fingerprint density at radius 3 is 2.61 bits per heavy atom. The smallest absolute Gasteiger partial charge is 0.124 e. The summed E-state index contributed by atoms with van der Waals surface area (Å²) in [6.45, 7) is 2.31. The summed E-state index contributed by atoms with van der Waals surface area (Å²) in [4.78, 5) is 0. The van der Waals surface area contributed by atoms with E-state index in [1.807, 2.05) is 31.2 Å². The number of rotatable bonds is 4. The highest BCUT2D eigenvalue weighted by atomic mass is 16.5. The Hall–Kier alpha value is -1.06. The van der Waals surface area contributed by atoms with Gasteiger partial charge in [-0.05, 0) is 25.8 Å². The number of ether oxygens (including phenoxy) is 1. The Bertz CT molecular complexity index is 384. The van der Waals surface area contributed by atoms with E-state index < -0.39 is 5.60 Å². The molecule has 1 unspecified atom stereocenters. The van der Waals surface area contributed by atoms with Gasteiger partial charge in [-0.15, -0.1) is 0 Å². The lowest BCUT2D eigenvalue weighted by Crippen LogP contribution is -2.38. The van der Waals surface area contributed by atoms with Gasteiger partial charge in [-0.2, -0.15) is 0 Å². The van der Waals surface area contributed by atoms with E-state index in [2.05, 4.69) is 0 Å². The number of para-hydroxylation sites is 1. The molecular weight excluding hydrogens is 226 g/mol. The molecule has 0 spiro atoms. The Morgan fingerprint density at radius 2 is 1.94 bits per heavy atom. The second-order valence-electron chi connectivity index (χ2n) is 5.40. The summed E-state index contributed by atoms with van der Waals surface area (Å²) >= 11 is 0. The molecular formula is C15H23NO2. The number of aliphatic hydroxyl groups is 1. The van der Waals surface area contributed by atoms with E-state index in [0.29, 0.717) is 6.61 Å². The lowest BCUT2D eigenvalue weighted by atomic mass is 9.85. The van der Waals surface area contributed by atoms with E-state index in [1.54, 1.807) is 0 Å². The van der Waals surface area contributed by atoms with Gasteiger partial charge < -0.3 is 15.6 Å². The van der Waals surface area contributed by atoms with E-state index in [4.69, 9.17) is 10.5 Å². The van der Waals surface area contributed by atoms with Gasteiger partial charge in [0.15, 0.2) is 0 Å². The minimum absolute atomic E-state index is 0.0535. The van der Waals surface area contributed by atoms with Crippen LogP contribution >= 0.6 is 0 Å². The monoisotopic (exact) mass is 249 g/mol. The normalized spacial score (nSPS) is 20.4. The van der Waals surface area contributed by atoms with Crippen molar-refractivity contribution >= 4 is 0 Å². The third-order valence-electron chi connectivity index (χ3n) is 3.69. The molecule has 1 aromatic rings. The number of hydrogen-bond acceptors (Lipinski definition) is 3. The molecule has 1 atom stereocenters. The Kier molecular flexibility index (Phi) is 4.25. The van der Waals surface area contributed by atoms with Crippen molar-refractivity contribution in [3.8, 4) is 5.75 Å². The van der Waals surface area contributed by atoms with Crippen LogP contribution in [0.1, 0.15) is 50.6 Å². The highest BCUT2D eigenvalue weighted by Crippen LogP contribution is 2.30. The third kappa shape index (κ3) is 3.24. The van der Waals surface area contributed by atoms with Crippen LogP contribution in [0.4, 0.5) is 0 Å². The fraction of sp³-hybridized carbons (Fsp3) is 0.600. The fourth-order valence-corrected chi connectivity index (χ4v) is 2.55. The minimum atomic E-state index is -0.650. The van der Waals surface area contributed by atoms with Crippen LogP contribution in [0.5, 0.6) is 5.75 Å². The van der Waals surface area contributed by atoms with Gasteiger partial charge in [0.25, 0.3) is 0 Å². The molecule has 2 rings (SSSR count). The fourth-order valence-electron chi connectivity index (χ4n) is 2.55. The predicted octanol–water partition coefficient (Wildman–Crippen LogP) is 2.78. The first kappa shape index (κ1) is 13.4. The molecule has 3 heteroatoms. The number of nitrogens with two attached hydrogens (primary N) is 1. The summed E-state index contributed by atoms with van der Waals surface area (Å²) in [5.74, 6) is 0.798. The summed E-state index contributed by atoms with van der Waals surface area (Å²) in [5.41, 5.74) is 6.26. The second-order valence-corrected chi connectivity index (χ2v) is 5.40. The quantitative estimate of drug-likeness (QED) is 0.862. The van der Waals surface area contributed by atoms with E-state index in [9.17, 15) is 5.11 Å². The molecule has 1 aliphatic rings. The van der Waals surface area contributed by atoms with Crippen molar-refractivity contribution in [2.45, 2.75) is 50.7 Å². The number of benzene rings is 1. The van der Waals surface area contributed by atoms with E-state index in [-0.39, 0.29) is 6.04 Å².